The van der Waals surface area contributed by atoms with Crippen LogP contribution in [0.25, 0.3) is 0 Å². The zero-order valence-electron chi connectivity index (χ0n) is 17.5. The number of carbonyl (C=O) groups excluding carboxylic acids is 1. The highest BCUT2D eigenvalue weighted by Crippen LogP contribution is 2.56. The number of methoxy groups -OCH3 is 1. The Bertz CT molecular complexity index is 748. The van der Waals surface area contributed by atoms with Crippen molar-refractivity contribution in [1.29, 1.82) is 0 Å². The zero-order chi connectivity index (χ0) is 19.6. The maximum Gasteiger partial charge on any atom is 0.235 e. The molecular weight excluding hydrogens is 354 g/mol. The smallest absolute Gasteiger partial charge is 0.235 e. The lowest BCUT2D eigenvalue weighted by molar-refractivity contribution is -0.162. The highest BCUT2D eigenvalue weighted by Gasteiger charge is 2.59. The van der Waals surface area contributed by atoms with Gasteiger partial charge in [-0.15, -0.1) is 0 Å². The first kappa shape index (κ1) is 18.6. The van der Waals surface area contributed by atoms with Gasteiger partial charge in [0, 0.05) is 31.5 Å². The molecule has 0 unspecified atom stereocenters. The van der Waals surface area contributed by atoms with E-state index in [1.807, 2.05) is 7.11 Å². The Morgan fingerprint density at radius 2 is 1.89 bits per heavy atom. The largest absolute Gasteiger partial charge is 0.378 e. The molecule has 2 heterocycles. The quantitative estimate of drug-likeness (QED) is 0.786. The highest BCUT2D eigenvalue weighted by molar-refractivity contribution is 5.83. The third-order valence-electron chi connectivity index (χ3n) is 8.61. The monoisotopic (exact) mass is 387 g/mol. The maximum absolute atomic E-state index is 13.7. The minimum Gasteiger partial charge on any atom is -0.378 e. The van der Waals surface area contributed by atoms with Crippen molar-refractivity contribution < 1.29 is 14.1 Å². The highest BCUT2D eigenvalue weighted by atomic mass is 16.5. The Morgan fingerprint density at radius 1 is 1.18 bits per heavy atom. The molecule has 154 valence electrons. The Morgan fingerprint density at radius 3 is 2.50 bits per heavy atom. The molecule has 0 spiro atoms. The topological polar surface area (TPSA) is 68.5 Å². The second kappa shape index (κ2) is 6.28. The van der Waals surface area contributed by atoms with E-state index < -0.39 is 0 Å². The van der Waals surface area contributed by atoms with Crippen LogP contribution in [-0.2, 0) is 14.9 Å². The van der Waals surface area contributed by atoms with Crippen molar-refractivity contribution in [2.24, 2.45) is 11.3 Å². The molecule has 0 radical (unpaired) electrons. The third-order valence-corrected chi connectivity index (χ3v) is 8.61. The third kappa shape index (κ3) is 2.52. The van der Waals surface area contributed by atoms with Crippen LogP contribution in [0.15, 0.2) is 4.52 Å². The summed E-state index contributed by atoms with van der Waals surface area (Å²) in [6.45, 7) is 5.80. The van der Waals surface area contributed by atoms with Gasteiger partial charge >= 0.3 is 0 Å². The van der Waals surface area contributed by atoms with Gasteiger partial charge in [-0.25, -0.2) is 0 Å². The minimum absolute atomic E-state index is 0.0434. The summed E-state index contributed by atoms with van der Waals surface area (Å²) in [7, 11) is 1.83. The second-order valence-corrected chi connectivity index (χ2v) is 10.2. The van der Waals surface area contributed by atoms with Crippen LogP contribution in [0.5, 0.6) is 0 Å². The summed E-state index contributed by atoms with van der Waals surface area (Å²) >= 11 is 0. The molecule has 6 heteroatoms. The van der Waals surface area contributed by atoms with Crippen LogP contribution in [0.1, 0.15) is 89.3 Å². The number of hydrogen-bond acceptors (Lipinski definition) is 5. The number of hydrogen-bond donors (Lipinski definition) is 0. The average Bonchev–Trinajstić information content (AvgIpc) is 3.43. The van der Waals surface area contributed by atoms with Crippen LogP contribution in [0, 0.1) is 11.3 Å². The fourth-order valence-corrected chi connectivity index (χ4v) is 6.58. The van der Waals surface area contributed by atoms with Gasteiger partial charge in [0.15, 0.2) is 5.82 Å². The summed E-state index contributed by atoms with van der Waals surface area (Å²) in [4.78, 5) is 20.6. The lowest BCUT2D eigenvalue weighted by atomic mass is 9.58. The van der Waals surface area contributed by atoms with Gasteiger partial charge in [0.05, 0.1) is 11.0 Å². The van der Waals surface area contributed by atoms with Crippen LogP contribution >= 0.6 is 0 Å². The SMILES string of the molecule is COC12CCC(C(=O)N3C[C@@H]4CCC[C@]4(c4nc(C(C)C)no4)C3)(CC1)CC2. The number of amides is 1. The van der Waals surface area contributed by atoms with E-state index in [0.29, 0.717) is 11.8 Å². The molecule has 6 rings (SSSR count). The summed E-state index contributed by atoms with van der Waals surface area (Å²) in [6, 6.07) is 0. The van der Waals surface area contributed by atoms with Crippen molar-refractivity contribution in [3.8, 4) is 0 Å². The molecule has 0 aromatic carbocycles. The normalized spacial score (nSPS) is 39.7. The predicted molar refractivity (Wildman–Crippen MR) is 104 cm³/mol. The molecule has 1 aromatic rings. The van der Waals surface area contributed by atoms with Crippen LogP contribution in [-0.4, -0.2) is 46.7 Å². The van der Waals surface area contributed by atoms with E-state index in [2.05, 4.69) is 23.9 Å². The molecule has 1 saturated heterocycles. The molecule has 2 atom stereocenters. The van der Waals surface area contributed by atoms with Crippen LogP contribution in [0.4, 0.5) is 0 Å². The van der Waals surface area contributed by atoms with E-state index in [-0.39, 0.29) is 22.3 Å². The Labute approximate surface area is 167 Å². The van der Waals surface area contributed by atoms with Gasteiger partial charge in [0.1, 0.15) is 0 Å². The minimum atomic E-state index is -0.155. The number of nitrogens with zero attached hydrogens (tertiary/aromatic N) is 3. The lowest BCUT2D eigenvalue weighted by Crippen LogP contribution is -2.54. The molecule has 5 fully saturated rings. The van der Waals surface area contributed by atoms with E-state index in [0.717, 1.165) is 76.2 Å². The molecule has 28 heavy (non-hydrogen) atoms. The number of rotatable bonds is 4. The fraction of sp³-hybridized carbons (Fsp3) is 0.864. The van der Waals surface area contributed by atoms with E-state index in [9.17, 15) is 4.79 Å². The van der Waals surface area contributed by atoms with Gasteiger partial charge in [0.25, 0.3) is 0 Å². The molecule has 6 nitrogen and oxygen atoms in total. The van der Waals surface area contributed by atoms with Gasteiger partial charge in [-0.3, -0.25) is 4.79 Å². The van der Waals surface area contributed by atoms with Crippen LogP contribution in [0.2, 0.25) is 0 Å². The second-order valence-electron chi connectivity index (χ2n) is 10.2. The summed E-state index contributed by atoms with van der Waals surface area (Å²) < 4.78 is 11.6. The standard InChI is InChI=1S/C22H33N3O3/c1-15(2)17-23-18(28-24-17)22-6-4-5-16(22)13-25(14-22)19(26)20-7-10-21(27-3,11-8-20)12-9-20/h15-16H,4-14H2,1-3H3/t16-,20?,21?,22-/m0/s1. The first-order valence-electron chi connectivity index (χ1n) is 11.1. The predicted octanol–water partition coefficient (Wildman–Crippen LogP) is 3.81. The molecular formula is C22H33N3O3. The number of carbonyl (C=O) groups is 1. The molecule has 1 aliphatic heterocycles. The Hall–Kier alpha value is -1.43. The number of aromatic nitrogens is 2. The number of likely N-dealkylation sites (tertiary alicyclic amines) is 1. The van der Waals surface area contributed by atoms with Gasteiger partial charge in [-0.05, 0) is 57.3 Å². The first-order valence-corrected chi connectivity index (χ1v) is 11.1. The van der Waals surface area contributed by atoms with Crippen molar-refractivity contribution in [2.45, 2.75) is 88.6 Å². The Balaban J connectivity index is 1.38. The van der Waals surface area contributed by atoms with Gasteiger partial charge in [-0.1, -0.05) is 25.4 Å². The van der Waals surface area contributed by atoms with E-state index in [4.69, 9.17) is 14.2 Å². The van der Waals surface area contributed by atoms with Gasteiger partial charge in [0.2, 0.25) is 11.8 Å². The molecule has 0 N–H and O–H groups in total. The van der Waals surface area contributed by atoms with E-state index in [1.54, 1.807) is 0 Å². The molecule has 4 saturated carbocycles. The van der Waals surface area contributed by atoms with Crippen molar-refractivity contribution in [3.05, 3.63) is 11.7 Å². The summed E-state index contributed by atoms with van der Waals surface area (Å²) in [6.07, 6.45) is 9.42. The van der Waals surface area contributed by atoms with Crippen molar-refractivity contribution in [3.63, 3.8) is 0 Å². The van der Waals surface area contributed by atoms with Crippen LogP contribution < -0.4 is 0 Å². The van der Waals surface area contributed by atoms with Gasteiger partial charge < -0.3 is 14.2 Å². The first-order chi connectivity index (χ1) is 13.4. The van der Waals surface area contributed by atoms with E-state index in [1.165, 1.54) is 6.42 Å². The molecule has 1 amide bonds. The van der Waals surface area contributed by atoms with E-state index >= 15 is 0 Å². The summed E-state index contributed by atoms with van der Waals surface area (Å²) in [5, 5.41) is 4.23. The molecule has 1 aromatic heterocycles. The molecule has 2 bridgehead atoms. The summed E-state index contributed by atoms with van der Waals surface area (Å²) in [5.74, 6) is 2.66. The van der Waals surface area contributed by atoms with Crippen LogP contribution in [0.3, 0.4) is 0 Å². The number of ether oxygens (including phenoxy) is 1. The van der Waals surface area contributed by atoms with Crippen molar-refractivity contribution in [2.75, 3.05) is 20.2 Å². The molecule has 5 aliphatic rings. The average molecular weight is 388 g/mol. The van der Waals surface area contributed by atoms with Crippen molar-refractivity contribution >= 4 is 5.91 Å². The summed E-state index contributed by atoms with van der Waals surface area (Å²) in [5.41, 5.74) is -0.230. The number of fused-ring (bicyclic) bond motifs is 4. The Kier molecular flexibility index (Phi) is 4.17. The zero-order valence-corrected chi connectivity index (χ0v) is 17.5. The lowest BCUT2D eigenvalue weighted by Gasteiger charge is -2.52. The maximum atomic E-state index is 13.7. The van der Waals surface area contributed by atoms with Gasteiger partial charge in [-0.2, -0.15) is 4.98 Å². The van der Waals surface area contributed by atoms with Crippen molar-refractivity contribution in [1.82, 2.24) is 15.0 Å². The molecule has 4 aliphatic carbocycles. The fourth-order valence-electron chi connectivity index (χ4n) is 6.58.